The van der Waals surface area contributed by atoms with Crippen LogP contribution in [0.2, 0.25) is 10.0 Å². The Morgan fingerprint density at radius 2 is 1.76 bits per heavy atom. The second kappa shape index (κ2) is 6.48. The molecule has 1 aromatic rings. The van der Waals surface area contributed by atoms with Crippen LogP contribution in [0.1, 0.15) is 38.9 Å². The van der Waals surface area contributed by atoms with Crippen molar-refractivity contribution in [3.05, 3.63) is 27.7 Å². The third-order valence-electron chi connectivity index (χ3n) is 2.35. The molecule has 0 aliphatic rings. The maximum Gasteiger partial charge on any atom is 0.156 e. The van der Waals surface area contributed by atoms with Gasteiger partial charge in [0.25, 0.3) is 0 Å². The van der Waals surface area contributed by atoms with E-state index in [1.54, 1.807) is 12.1 Å². The second-order valence-corrected chi connectivity index (χ2v) is 5.26. The summed E-state index contributed by atoms with van der Waals surface area (Å²) in [5, 5.41) is 10.6. The highest BCUT2D eigenvalue weighted by molar-refractivity contribution is 6.37. The molecule has 0 saturated heterocycles. The summed E-state index contributed by atoms with van der Waals surface area (Å²) >= 11 is 12.2. The van der Waals surface area contributed by atoms with Gasteiger partial charge in [0.1, 0.15) is 0 Å². The van der Waals surface area contributed by atoms with Crippen LogP contribution in [-0.4, -0.2) is 11.7 Å². The van der Waals surface area contributed by atoms with Gasteiger partial charge in [-0.3, -0.25) is 0 Å². The lowest BCUT2D eigenvalue weighted by Crippen LogP contribution is -2.06. The Kier molecular flexibility index (Phi) is 5.57. The largest absolute Gasteiger partial charge is 0.490 e. The molecule has 0 spiro atoms. The molecule has 1 rings (SSSR count). The lowest BCUT2D eigenvalue weighted by Gasteiger charge is -2.15. The van der Waals surface area contributed by atoms with Crippen molar-refractivity contribution in [3.8, 4) is 5.75 Å². The Balaban J connectivity index is 2.94. The number of aliphatic hydroxyl groups is 1. The van der Waals surface area contributed by atoms with Crippen LogP contribution in [0.25, 0.3) is 0 Å². The first-order valence-electron chi connectivity index (χ1n) is 5.75. The van der Waals surface area contributed by atoms with Gasteiger partial charge in [0, 0.05) is 0 Å². The SMILES string of the molecule is CCC(O)c1cc(Cl)c(OCC(C)C)c(Cl)c1. The van der Waals surface area contributed by atoms with Crippen LogP contribution in [-0.2, 0) is 0 Å². The van der Waals surface area contributed by atoms with Gasteiger partial charge in [-0.15, -0.1) is 0 Å². The number of hydrogen-bond donors (Lipinski definition) is 1. The predicted molar refractivity (Wildman–Crippen MR) is 72.0 cm³/mol. The van der Waals surface area contributed by atoms with E-state index in [0.29, 0.717) is 34.7 Å². The summed E-state index contributed by atoms with van der Waals surface area (Å²) in [4.78, 5) is 0. The Hall–Kier alpha value is -0.440. The smallest absolute Gasteiger partial charge is 0.156 e. The zero-order valence-electron chi connectivity index (χ0n) is 10.3. The van der Waals surface area contributed by atoms with E-state index < -0.39 is 6.10 Å². The van der Waals surface area contributed by atoms with Gasteiger partial charge in [-0.05, 0) is 30.0 Å². The molecule has 0 heterocycles. The molecule has 1 unspecified atom stereocenters. The number of halogens is 2. The van der Waals surface area contributed by atoms with Gasteiger partial charge >= 0.3 is 0 Å². The molecule has 0 aliphatic carbocycles. The van der Waals surface area contributed by atoms with E-state index in [1.807, 2.05) is 6.92 Å². The molecular formula is C13H18Cl2O2. The Labute approximate surface area is 113 Å². The number of rotatable bonds is 5. The fourth-order valence-corrected chi connectivity index (χ4v) is 2.01. The molecule has 0 bridgehead atoms. The molecule has 0 fully saturated rings. The summed E-state index contributed by atoms with van der Waals surface area (Å²) in [6.07, 6.45) is 0.0860. The number of benzene rings is 1. The first-order valence-corrected chi connectivity index (χ1v) is 6.51. The molecular weight excluding hydrogens is 259 g/mol. The third kappa shape index (κ3) is 4.06. The summed E-state index contributed by atoms with van der Waals surface area (Å²) in [6, 6.07) is 3.41. The highest BCUT2D eigenvalue weighted by Gasteiger charge is 2.13. The van der Waals surface area contributed by atoms with Gasteiger partial charge in [-0.25, -0.2) is 0 Å². The van der Waals surface area contributed by atoms with Crippen LogP contribution < -0.4 is 4.74 Å². The third-order valence-corrected chi connectivity index (χ3v) is 2.91. The lowest BCUT2D eigenvalue weighted by molar-refractivity contribution is 0.173. The molecule has 1 aromatic carbocycles. The van der Waals surface area contributed by atoms with E-state index >= 15 is 0 Å². The molecule has 96 valence electrons. The standard InChI is InChI=1S/C13H18Cl2O2/c1-4-12(16)9-5-10(14)13(11(15)6-9)17-7-8(2)3/h5-6,8,12,16H,4,7H2,1-3H3. The van der Waals surface area contributed by atoms with E-state index in [-0.39, 0.29) is 0 Å². The Bertz CT molecular complexity index is 355. The van der Waals surface area contributed by atoms with Crippen molar-refractivity contribution in [2.45, 2.75) is 33.3 Å². The van der Waals surface area contributed by atoms with Gasteiger partial charge < -0.3 is 9.84 Å². The molecule has 0 radical (unpaired) electrons. The molecule has 4 heteroatoms. The predicted octanol–water partition coefficient (Wildman–Crippen LogP) is 4.47. The van der Waals surface area contributed by atoms with E-state index in [2.05, 4.69) is 13.8 Å². The minimum atomic E-state index is -0.538. The topological polar surface area (TPSA) is 29.5 Å². The number of aliphatic hydroxyl groups excluding tert-OH is 1. The van der Waals surface area contributed by atoms with Gasteiger partial charge in [0.2, 0.25) is 0 Å². The fraction of sp³-hybridized carbons (Fsp3) is 0.538. The maximum absolute atomic E-state index is 9.73. The first-order chi connectivity index (χ1) is 7.95. The lowest BCUT2D eigenvalue weighted by atomic mass is 10.1. The van der Waals surface area contributed by atoms with Crippen molar-refractivity contribution in [1.29, 1.82) is 0 Å². The first kappa shape index (κ1) is 14.6. The zero-order chi connectivity index (χ0) is 13.0. The average Bonchev–Trinajstić information content (AvgIpc) is 2.26. The highest BCUT2D eigenvalue weighted by atomic mass is 35.5. The quantitative estimate of drug-likeness (QED) is 0.860. The zero-order valence-corrected chi connectivity index (χ0v) is 11.8. The fourth-order valence-electron chi connectivity index (χ4n) is 1.40. The monoisotopic (exact) mass is 276 g/mol. The summed E-state index contributed by atoms with van der Waals surface area (Å²) < 4.78 is 5.55. The van der Waals surface area contributed by atoms with Crippen LogP contribution in [0, 0.1) is 5.92 Å². The summed E-state index contributed by atoms with van der Waals surface area (Å²) in [5.41, 5.74) is 0.722. The van der Waals surface area contributed by atoms with Crippen LogP contribution in [0.5, 0.6) is 5.75 Å². The summed E-state index contributed by atoms with van der Waals surface area (Å²) in [7, 11) is 0. The van der Waals surface area contributed by atoms with E-state index in [9.17, 15) is 5.11 Å². The molecule has 2 nitrogen and oxygen atoms in total. The van der Waals surface area contributed by atoms with Crippen molar-refractivity contribution in [2.24, 2.45) is 5.92 Å². The van der Waals surface area contributed by atoms with Gasteiger partial charge in [-0.1, -0.05) is 44.0 Å². The minimum absolute atomic E-state index is 0.406. The van der Waals surface area contributed by atoms with Crippen LogP contribution >= 0.6 is 23.2 Å². The highest BCUT2D eigenvalue weighted by Crippen LogP contribution is 2.36. The van der Waals surface area contributed by atoms with Crippen LogP contribution in [0.4, 0.5) is 0 Å². The Morgan fingerprint density at radius 1 is 1.24 bits per heavy atom. The minimum Gasteiger partial charge on any atom is -0.490 e. The number of ether oxygens (including phenoxy) is 1. The van der Waals surface area contributed by atoms with Crippen molar-refractivity contribution >= 4 is 23.2 Å². The van der Waals surface area contributed by atoms with Gasteiger partial charge in [0.15, 0.2) is 5.75 Å². The molecule has 0 aromatic heterocycles. The molecule has 0 saturated carbocycles. The normalized spacial score (nSPS) is 12.9. The molecule has 0 aliphatic heterocycles. The van der Waals surface area contributed by atoms with E-state index in [0.717, 1.165) is 5.56 Å². The molecule has 17 heavy (non-hydrogen) atoms. The van der Waals surface area contributed by atoms with Crippen molar-refractivity contribution in [1.82, 2.24) is 0 Å². The Morgan fingerprint density at radius 3 is 2.18 bits per heavy atom. The average molecular weight is 277 g/mol. The molecule has 0 amide bonds. The van der Waals surface area contributed by atoms with Crippen molar-refractivity contribution in [2.75, 3.05) is 6.61 Å². The van der Waals surface area contributed by atoms with Crippen molar-refractivity contribution in [3.63, 3.8) is 0 Å². The van der Waals surface area contributed by atoms with Crippen LogP contribution in [0.3, 0.4) is 0 Å². The van der Waals surface area contributed by atoms with Crippen molar-refractivity contribution < 1.29 is 9.84 Å². The second-order valence-electron chi connectivity index (χ2n) is 4.44. The summed E-state index contributed by atoms with van der Waals surface area (Å²) in [6.45, 7) is 6.57. The molecule has 1 N–H and O–H groups in total. The van der Waals surface area contributed by atoms with Gasteiger partial charge in [0.05, 0.1) is 22.8 Å². The van der Waals surface area contributed by atoms with E-state index in [4.69, 9.17) is 27.9 Å². The molecule has 1 atom stereocenters. The maximum atomic E-state index is 9.73. The van der Waals surface area contributed by atoms with Gasteiger partial charge in [-0.2, -0.15) is 0 Å². The van der Waals surface area contributed by atoms with E-state index in [1.165, 1.54) is 0 Å². The van der Waals surface area contributed by atoms with Crippen LogP contribution in [0.15, 0.2) is 12.1 Å². The summed E-state index contributed by atoms with van der Waals surface area (Å²) in [5.74, 6) is 0.900. The number of hydrogen-bond acceptors (Lipinski definition) is 2.